The number of hydrogen-bond acceptors (Lipinski definition) is 3. The van der Waals surface area contributed by atoms with E-state index in [1.807, 2.05) is 25.1 Å². The molecule has 3 heteroatoms. The van der Waals surface area contributed by atoms with E-state index in [2.05, 4.69) is 24.8 Å². The minimum atomic E-state index is 0.0222. The van der Waals surface area contributed by atoms with E-state index in [-0.39, 0.29) is 6.04 Å². The van der Waals surface area contributed by atoms with E-state index in [0.29, 0.717) is 12.0 Å². The molecule has 118 valence electrons. The lowest BCUT2D eigenvalue weighted by molar-refractivity contribution is 0.247. The van der Waals surface area contributed by atoms with Crippen LogP contribution in [0.3, 0.4) is 0 Å². The maximum atomic E-state index is 6.45. The fourth-order valence-electron chi connectivity index (χ4n) is 3.11. The molecule has 1 heterocycles. The Bertz CT molecular complexity index is 445. The summed E-state index contributed by atoms with van der Waals surface area (Å²) in [5.41, 5.74) is 8.06. The molecule has 0 bridgehead atoms. The topological polar surface area (TPSA) is 38.5 Å². The molecule has 1 aliphatic rings. The van der Waals surface area contributed by atoms with Crippen molar-refractivity contribution in [2.24, 2.45) is 11.1 Å². The third kappa shape index (κ3) is 4.72. The first-order valence-corrected chi connectivity index (χ1v) is 8.21. The van der Waals surface area contributed by atoms with Crippen LogP contribution in [0.15, 0.2) is 24.3 Å². The summed E-state index contributed by atoms with van der Waals surface area (Å²) in [6.07, 6.45) is 3.84. The smallest absolute Gasteiger partial charge is 0.124 e. The molecule has 21 heavy (non-hydrogen) atoms. The van der Waals surface area contributed by atoms with Gasteiger partial charge in [0.15, 0.2) is 0 Å². The van der Waals surface area contributed by atoms with E-state index in [0.717, 1.165) is 30.9 Å². The lowest BCUT2D eigenvalue weighted by Crippen LogP contribution is -2.33. The molecule has 2 rings (SSSR count). The van der Waals surface area contributed by atoms with Crippen LogP contribution in [0.4, 0.5) is 0 Å². The van der Waals surface area contributed by atoms with Crippen molar-refractivity contribution in [2.75, 3.05) is 26.2 Å². The summed E-state index contributed by atoms with van der Waals surface area (Å²) in [7, 11) is 0. The Hall–Kier alpha value is -1.06. The molecule has 0 spiro atoms. The average molecular weight is 290 g/mol. The Morgan fingerprint density at radius 1 is 1.24 bits per heavy atom. The van der Waals surface area contributed by atoms with E-state index >= 15 is 0 Å². The van der Waals surface area contributed by atoms with Gasteiger partial charge in [-0.25, -0.2) is 0 Å². The number of rotatable bonds is 5. The number of ether oxygens (including phenoxy) is 1. The molecule has 0 aliphatic carbocycles. The van der Waals surface area contributed by atoms with Crippen LogP contribution in [0.2, 0.25) is 0 Å². The molecule has 3 nitrogen and oxygen atoms in total. The standard InChI is InChI=1S/C18H30N2O/c1-4-21-17-9-6-5-8-15(17)16(19)14-20-12-7-10-18(2,3)11-13-20/h5-6,8-9,16H,4,7,10-14,19H2,1-3H3. The Morgan fingerprint density at radius 3 is 2.76 bits per heavy atom. The molecular formula is C18H30N2O. The number of likely N-dealkylation sites (tertiary alicyclic amines) is 1. The van der Waals surface area contributed by atoms with Crippen LogP contribution >= 0.6 is 0 Å². The zero-order valence-corrected chi connectivity index (χ0v) is 13.8. The van der Waals surface area contributed by atoms with Gasteiger partial charge in [-0.3, -0.25) is 0 Å². The number of nitrogens with two attached hydrogens (primary N) is 1. The van der Waals surface area contributed by atoms with Gasteiger partial charge in [0.2, 0.25) is 0 Å². The van der Waals surface area contributed by atoms with Crippen molar-refractivity contribution in [3.63, 3.8) is 0 Å². The van der Waals surface area contributed by atoms with Crippen LogP contribution in [-0.4, -0.2) is 31.1 Å². The molecule has 1 aliphatic heterocycles. The van der Waals surface area contributed by atoms with Gasteiger partial charge in [-0.2, -0.15) is 0 Å². The second-order valence-corrected chi connectivity index (χ2v) is 6.90. The molecule has 1 aromatic carbocycles. The van der Waals surface area contributed by atoms with Crippen LogP contribution in [0.5, 0.6) is 5.75 Å². The quantitative estimate of drug-likeness (QED) is 0.900. The predicted octanol–water partition coefficient (Wildman–Crippen LogP) is 3.60. The largest absolute Gasteiger partial charge is 0.494 e. The van der Waals surface area contributed by atoms with Crippen molar-refractivity contribution in [1.29, 1.82) is 0 Å². The van der Waals surface area contributed by atoms with Gasteiger partial charge in [-0.15, -0.1) is 0 Å². The minimum Gasteiger partial charge on any atom is -0.494 e. The van der Waals surface area contributed by atoms with E-state index in [9.17, 15) is 0 Å². The normalized spacial score (nSPS) is 20.8. The Balaban J connectivity index is 1.99. The van der Waals surface area contributed by atoms with Gasteiger partial charge >= 0.3 is 0 Å². The zero-order chi connectivity index (χ0) is 15.3. The molecule has 1 fully saturated rings. The maximum Gasteiger partial charge on any atom is 0.124 e. The fraction of sp³-hybridized carbons (Fsp3) is 0.667. The number of hydrogen-bond donors (Lipinski definition) is 1. The summed E-state index contributed by atoms with van der Waals surface area (Å²) in [5, 5.41) is 0. The molecule has 1 atom stereocenters. The van der Waals surface area contributed by atoms with E-state index in [4.69, 9.17) is 10.5 Å². The van der Waals surface area contributed by atoms with Gasteiger partial charge in [0.05, 0.1) is 6.61 Å². The van der Waals surface area contributed by atoms with E-state index < -0.39 is 0 Å². The Labute approximate surface area is 129 Å². The first-order valence-electron chi connectivity index (χ1n) is 8.21. The highest BCUT2D eigenvalue weighted by Gasteiger charge is 2.24. The Kier molecular flexibility index (Phi) is 5.65. The monoisotopic (exact) mass is 290 g/mol. The van der Waals surface area contributed by atoms with Gasteiger partial charge < -0.3 is 15.4 Å². The van der Waals surface area contributed by atoms with Crippen molar-refractivity contribution in [3.05, 3.63) is 29.8 Å². The van der Waals surface area contributed by atoms with Crippen LogP contribution in [-0.2, 0) is 0 Å². The van der Waals surface area contributed by atoms with Crippen molar-refractivity contribution in [3.8, 4) is 5.75 Å². The van der Waals surface area contributed by atoms with Crippen molar-refractivity contribution >= 4 is 0 Å². The second-order valence-electron chi connectivity index (χ2n) is 6.90. The molecule has 1 aromatic rings. The van der Waals surface area contributed by atoms with Gasteiger partial charge in [0, 0.05) is 18.2 Å². The summed E-state index contributed by atoms with van der Waals surface area (Å²) in [5.74, 6) is 0.933. The maximum absolute atomic E-state index is 6.45. The molecule has 0 radical (unpaired) electrons. The second kappa shape index (κ2) is 7.28. The van der Waals surface area contributed by atoms with Gasteiger partial charge in [0.1, 0.15) is 5.75 Å². The van der Waals surface area contributed by atoms with E-state index in [1.54, 1.807) is 0 Å². The third-order valence-electron chi connectivity index (χ3n) is 4.51. The SMILES string of the molecule is CCOc1ccccc1C(N)CN1CCCC(C)(C)CC1. The summed E-state index contributed by atoms with van der Waals surface area (Å²) < 4.78 is 5.71. The third-order valence-corrected chi connectivity index (χ3v) is 4.51. The van der Waals surface area contributed by atoms with Gasteiger partial charge in [0.25, 0.3) is 0 Å². The molecule has 1 unspecified atom stereocenters. The van der Waals surface area contributed by atoms with Crippen LogP contribution < -0.4 is 10.5 Å². The number of nitrogens with zero attached hydrogens (tertiary/aromatic N) is 1. The molecule has 2 N–H and O–H groups in total. The minimum absolute atomic E-state index is 0.0222. The summed E-state index contributed by atoms with van der Waals surface area (Å²) in [6.45, 7) is 10.7. The Morgan fingerprint density at radius 2 is 2.00 bits per heavy atom. The van der Waals surface area contributed by atoms with Crippen molar-refractivity contribution < 1.29 is 4.74 Å². The highest BCUT2D eigenvalue weighted by molar-refractivity contribution is 5.35. The summed E-state index contributed by atoms with van der Waals surface area (Å²) in [6, 6.07) is 8.19. The van der Waals surface area contributed by atoms with Crippen LogP contribution in [0.1, 0.15) is 51.6 Å². The highest BCUT2D eigenvalue weighted by Crippen LogP contribution is 2.31. The zero-order valence-electron chi connectivity index (χ0n) is 13.8. The average Bonchev–Trinajstić information content (AvgIpc) is 2.61. The number of para-hydroxylation sites is 1. The van der Waals surface area contributed by atoms with Gasteiger partial charge in [-0.1, -0.05) is 32.0 Å². The highest BCUT2D eigenvalue weighted by atomic mass is 16.5. The number of benzene rings is 1. The first kappa shape index (κ1) is 16.3. The van der Waals surface area contributed by atoms with Crippen molar-refractivity contribution in [2.45, 2.75) is 46.1 Å². The predicted molar refractivity (Wildman–Crippen MR) is 88.6 cm³/mol. The van der Waals surface area contributed by atoms with E-state index in [1.165, 1.54) is 19.3 Å². The molecule has 0 aromatic heterocycles. The first-order chi connectivity index (χ1) is 10.0. The molecule has 1 saturated heterocycles. The molecular weight excluding hydrogens is 260 g/mol. The molecule has 0 saturated carbocycles. The van der Waals surface area contributed by atoms with Gasteiger partial charge in [-0.05, 0) is 50.8 Å². The van der Waals surface area contributed by atoms with Crippen molar-refractivity contribution in [1.82, 2.24) is 4.90 Å². The summed E-state index contributed by atoms with van der Waals surface area (Å²) >= 11 is 0. The van der Waals surface area contributed by atoms with Crippen LogP contribution in [0, 0.1) is 5.41 Å². The molecule has 0 amide bonds. The van der Waals surface area contributed by atoms with Crippen LogP contribution in [0.25, 0.3) is 0 Å². The lowest BCUT2D eigenvalue weighted by Gasteiger charge is -2.26. The summed E-state index contributed by atoms with van der Waals surface area (Å²) in [4.78, 5) is 2.52. The fourth-order valence-corrected chi connectivity index (χ4v) is 3.11. The lowest BCUT2D eigenvalue weighted by atomic mass is 9.85.